The summed E-state index contributed by atoms with van der Waals surface area (Å²) in [6.45, 7) is 4.78. The number of fused-ring (bicyclic) bond motifs is 1. The molecule has 0 unspecified atom stereocenters. The molecular weight excluding hydrogens is 464 g/mol. The average Bonchev–Trinajstić information content (AvgIpc) is 2.81. The van der Waals surface area contributed by atoms with Gasteiger partial charge in [-0.3, -0.25) is 19.7 Å². The molecule has 10 nitrogen and oxygen atoms in total. The van der Waals surface area contributed by atoms with Crippen LogP contribution in [0.25, 0.3) is 0 Å². The van der Waals surface area contributed by atoms with Crippen molar-refractivity contribution in [2.75, 3.05) is 29.9 Å². The molecule has 0 fully saturated rings. The van der Waals surface area contributed by atoms with Gasteiger partial charge in [-0.2, -0.15) is 0 Å². The van der Waals surface area contributed by atoms with Crippen molar-refractivity contribution in [1.82, 2.24) is 5.32 Å². The van der Waals surface area contributed by atoms with E-state index in [0.29, 0.717) is 25.9 Å². The summed E-state index contributed by atoms with van der Waals surface area (Å²) in [7, 11) is 0. The highest BCUT2D eigenvalue weighted by Crippen LogP contribution is 2.31. The van der Waals surface area contributed by atoms with E-state index < -0.39 is 22.8 Å². The van der Waals surface area contributed by atoms with Gasteiger partial charge < -0.3 is 20.3 Å². The number of nitro groups is 1. The lowest BCUT2D eigenvalue weighted by Gasteiger charge is -2.29. The summed E-state index contributed by atoms with van der Waals surface area (Å²) < 4.78 is 5.35. The zero-order valence-electron chi connectivity index (χ0n) is 18.9. The van der Waals surface area contributed by atoms with E-state index in [4.69, 9.17) is 4.74 Å². The number of ether oxygens (including phenoxy) is 1. The summed E-state index contributed by atoms with van der Waals surface area (Å²) in [5.41, 5.74) is 2.95. The van der Waals surface area contributed by atoms with Crippen molar-refractivity contribution in [2.24, 2.45) is 0 Å². The van der Waals surface area contributed by atoms with Crippen LogP contribution in [0.1, 0.15) is 36.2 Å². The first-order valence-corrected chi connectivity index (χ1v) is 10.7. The Morgan fingerprint density at radius 3 is 2.56 bits per heavy atom. The maximum Gasteiger partial charge on any atom is 0.328 e. The molecule has 182 valence electrons. The third-order valence-electron chi connectivity index (χ3n) is 5.40. The van der Waals surface area contributed by atoms with Gasteiger partial charge in [-0.1, -0.05) is 6.07 Å². The van der Waals surface area contributed by atoms with Crippen LogP contribution in [0.3, 0.4) is 0 Å². The molecule has 0 aromatic heterocycles. The van der Waals surface area contributed by atoms with Gasteiger partial charge in [-0.25, -0.2) is 4.79 Å². The lowest BCUT2D eigenvalue weighted by molar-refractivity contribution is -0.384. The Morgan fingerprint density at radius 2 is 1.91 bits per heavy atom. The van der Waals surface area contributed by atoms with Crippen molar-refractivity contribution in [3.63, 3.8) is 0 Å². The molecule has 0 bridgehead atoms. The zero-order valence-corrected chi connectivity index (χ0v) is 19.7. The van der Waals surface area contributed by atoms with Gasteiger partial charge in [0.1, 0.15) is 12.6 Å². The second-order valence-corrected chi connectivity index (χ2v) is 7.60. The van der Waals surface area contributed by atoms with Crippen LogP contribution < -0.4 is 15.5 Å². The number of nitro benzene ring substituents is 1. The minimum Gasteiger partial charge on any atom is -0.462 e. The van der Waals surface area contributed by atoms with Crippen LogP contribution in [-0.4, -0.2) is 48.4 Å². The van der Waals surface area contributed by atoms with Crippen molar-refractivity contribution in [2.45, 2.75) is 32.7 Å². The number of hydrogen-bond acceptors (Lipinski definition) is 7. The molecule has 1 aliphatic rings. The highest BCUT2D eigenvalue weighted by Gasteiger charge is 2.21. The average molecular weight is 491 g/mol. The number of amides is 2. The molecule has 1 heterocycles. The highest BCUT2D eigenvalue weighted by molar-refractivity contribution is 5.97. The van der Waals surface area contributed by atoms with E-state index in [-0.39, 0.29) is 36.2 Å². The molecule has 0 aliphatic carbocycles. The monoisotopic (exact) mass is 490 g/mol. The number of carbonyl (C=O) groups excluding carboxylic acids is 3. The van der Waals surface area contributed by atoms with E-state index >= 15 is 0 Å². The van der Waals surface area contributed by atoms with Crippen LogP contribution >= 0.6 is 12.4 Å². The number of benzene rings is 2. The Balaban J connectivity index is 0.00000408. The normalized spacial score (nSPS) is 12.9. The quantitative estimate of drug-likeness (QED) is 0.313. The van der Waals surface area contributed by atoms with Gasteiger partial charge in [-0.05, 0) is 50.1 Å². The molecule has 34 heavy (non-hydrogen) atoms. The Hall–Kier alpha value is -3.66. The molecule has 2 aromatic carbocycles. The summed E-state index contributed by atoms with van der Waals surface area (Å²) in [5.74, 6) is -1.10. The van der Waals surface area contributed by atoms with Gasteiger partial charge >= 0.3 is 5.97 Å². The molecule has 0 saturated carbocycles. The van der Waals surface area contributed by atoms with Crippen LogP contribution in [0.4, 0.5) is 17.1 Å². The molecule has 0 radical (unpaired) electrons. The number of nitrogens with zero attached hydrogens (tertiary/aromatic N) is 2. The third-order valence-corrected chi connectivity index (χ3v) is 5.40. The maximum absolute atomic E-state index is 12.3. The second-order valence-electron chi connectivity index (χ2n) is 7.60. The molecule has 11 heteroatoms. The number of non-ortho nitro benzene ring substituents is 1. The van der Waals surface area contributed by atoms with Gasteiger partial charge in [0.25, 0.3) is 11.6 Å². The second kappa shape index (κ2) is 12.0. The number of halogens is 1. The summed E-state index contributed by atoms with van der Waals surface area (Å²) in [4.78, 5) is 48.5. The smallest absolute Gasteiger partial charge is 0.328 e. The summed E-state index contributed by atoms with van der Waals surface area (Å²) >= 11 is 0. The van der Waals surface area contributed by atoms with Gasteiger partial charge in [0.05, 0.1) is 11.5 Å². The van der Waals surface area contributed by atoms with E-state index in [0.717, 1.165) is 16.9 Å². The lowest BCUT2D eigenvalue weighted by Crippen LogP contribution is -2.40. The van der Waals surface area contributed by atoms with Crippen LogP contribution in [0, 0.1) is 10.1 Å². The number of carbonyl (C=O) groups is 3. The van der Waals surface area contributed by atoms with Crippen molar-refractivity contribution in [3.8, 4) is 0 Å². The Kier molecular flexibility index (Phi) is 9.37. The van der Waals surface area contributed by atoms with Crippen molar-refractivity contribution in [1.29, 1.82) is 0 Å². The SMILES string of the molecule is CCN(CCOC(=O)[C@H](C)NC(=O)c1ccc([N+](=O)[O-])cc1)c1cccc2c1CCC(=O)N2.Cl. The van der Waals surface area contributed by atoms with Crippen molar-refractivity contribution >= 4 is 47.3 Å². The number of hydrogen-bond donors (Lipinski definition) is 2. The third kappa shape index (κ3) is 6.44. The standard InChI is InChI=1S/C23H26N4O6.ClH/c1-3-26(20-6-4-5-19-18(20)11-12-21(28)25-19)13-14-33-23(30)15(2)24-22(29)16-7-9-17(10-8-16)27(31)32;/h4-10,15H,3,11-14H2,1-2H3,(H,24,29)(H,25,28);1H/t15-;/m0./s1. The summed E-state index contributed by atoms with van der Waals surface area (Å²) in [6.07, 6.45) is 1.09. The molecule has 0 spiro atoms. The van der Waals surface area contributed by atoms with E-state index in [9.17, 15) is 24.5 Å². The van der Waals surface area contributed by atoms with Crippen LogP contribution in [0.2, 0.25) is 0 Å². The molecule has 3 rings (SSSR count). The van der Waals surface area contributed by atoms with Crippen molar-refractivity contribution in [3.05, 3.63) is 63.7 Å². The molecular formula is C23H27ClN4O6. The largest absolute Gasteiger partial charge is 0.462 e. The molecule has 2 amide bonds. The first kappa shape index (κ1) is 26.6. The first-order chi connectivity index (χ1) is 15.8. The summed E-state index contributed by atoms with van der Waals surface area (Å²) in [5, 5.41) is 16.1. The molecule has 2 aromatic rings. The van der Waals surface area contributed by atoms with E-state index in [1.165, 1.54) is 31.2 Å². The van der Waals surface area contributed by atoms with E-state index in [1.807, 2.05) is 25.1 Å². The predicted molar refractivity (Wildman–Crippen MR) is 130 cm³/mol. The molecule has 2 N–H and O–H groups in total. The Morgan fingerprint density at radius 1 is 1.21 bits per heavy atom. The van der Waals surface area contributed by atoms with E-state index in [1.54, 1.807) is 0 Å². The minimum atomic E-state index is -0.887. The van der Waals surface area contributed by atoms with Gasteiger partial charge in [-0.15, -0.1) is 12.4 Å². The van der Waals surface area contributed by atoms with E-state index in [2.05, 4.69) is 15.5 Å². The molecule has 1 atom stereocenters. The Bertz CT molecular complexity index is 1060. The highest BCUT2D eigenvalue weighted by atomic mass is 35.5. The number of likely N-dealkylation sites (N-methyl/N-ethyl adjacent to an activating group) is 1. The minimum absolute atomic E-state index is 0. The summed E-state index contributed by atoms with van der Waals surface area (Å²) in [6, 6.07) is 9.96. The lowest BCUT2D eigenvalue weighted by atomic mass is 10.00. The predicted octanol–water partition coefficient (Wildman–Crippen LogP) is 3.09. The number of esters is 1. The fourth-order valence-corrected chi connectivity index (χ4v) is 3.61. The van der Waals surface area contributed by atoms with Crippen molar-refractivity contribution < 1.29 is 24.0 Å². The fourth-order valence-electron chi connectivity index (χ4n) is 3.61. The first-order valence-electron chi connectivity index (χ1n) is 10.7. The fraction of sp³-hybridized carbons (Fsp3) is 0.348. The topological polar surface area (TPSA) is 131 Å². The number of anilines is 2. The van der Waals surface area contributed by atoms with Crippen LogP contribution in [-0.2, 0) is 20.7 Å². The zero-order chi connectivity index (χ0) is 24.0. The van der Waals surface area contributed by atoms with Crippen LogP contribution in [0.15, 0.2) is 42.5 Å². The maximum atomic E-state index is 12.3. The molecule has 0 saturated heterocycles. The molecule has 1 aliphatic heterocycles. The van der Waals surface area contributed by atoms with Gasteiger partial charge in [0.15, 0.2) is 0 Å². The number of rotatable bonds is 9. The van der Waals surface area contributed by atoms with Crippen LogP contribution in [0.5, 0.6) is 0 Å². The van der Waals surface area contributed by atoms with Gasteiger partial charge in [0, 0.05) is 42.0 Å². The van der Waals surface area contributed by atoms with Gasteiger partial charge in [0.2, 0.25) is 5.91 Å². The number of nitrogens with one attached hydrogen (secondary N) is 2. The Labute approximate surface area is 203 Å².